The molecule has 0 amide bonds. The molecule has 0 saturated carbocycles. The lowest BCUT2D eigenvalue weighted by Gasteiger charge is -2.19. The highest BCUT2D eigenvalue weighted by Crippen LogP contribution is 2.41. The van der Waals surface area contributed by atoms with Crippen LogP contribution in [-0.4, -0.2) is 8.11 Å². The first-order valence-corrected chi connectivity index (χ1v) is 3.83. The van der Waals surface area contributed by atoms with Crippen LogP contribution in [0.5, 0.6) is 0 Å². The summed E-state index contributed by atoms with van der Waals surface area (Å²) in [5.74, 6) is 0. The molecule has 6 heavy (non-hydrogen) atoms. The lowest BCUT2D eigenvalue weighted by atomic mass is 11.0. The molecule has 1 fully saturated rings. The van der Waals surface area contributed by atoms with Gasteiger partial charge in [0.05, 0.1) is 4.58 Å². The predicted molar refractivity (Wildman–Crippen MR) is 37.2 cm³/mol. The minimum Gasteiger partial charge on any atom is -0.0932 e. The van der Waals surface area contributed by atoms with Crippen LogP contribution < -0.4 is 0 Å². The Morgan fingerprint density at radius 1 is 1.67 bits per heavy atom. The van der Waals surface area contributed by atoms with E-state index in [1.54, 1.807) is 23.5 Å². The molecule has 0 aromatic rings. The first-order chi connectivity index (χ1) is 2.79. The van der Waals surface area contributed by atoms with E-state index in [0.717, 1.165) is 8.11 Å². The van der Waals surface area contributed by atoms with Gasteiger partial charge >= 0.3 is 0 Å². The van der Waals surface area contributed by atoms with E-state index in [0.29, 0.717) is 0 Å². The molecule has 0 aliphatic carbocycles. The van der Waals surface area contributed by atoms with E-state index < -0.39 is 0 Å². The van der Waals surface area contributed by atoms with Crippen LogP contribution in [0.15, 0.2) is 0 Å². The Morgan fingerprint density at radius 3 is 2.17 bits per heavy atom. The van der Waals surface area contributed by atoms with Crippen LogP contribution in [0.1, 0.15) is 6.92 Å². The van der Waals surface area contributed by atoms with Gasteiger partial charge in [-0.2, -0.15) is 0 Å². The van der Waals surface area contributed by atoms with Gasteiger partial charge in [-0.1, -0.05) is 35.7 Å². The molecule has 1 heterocycles. The monoisotopic (exact) mass is 136 g/mol. The summed E-state index contributed by atoms with van der Waals surface area (Å²) in [4.78, 5) is 0. The molecule has 0 nitrogen and oxygen atoms in total. The predicted octanol–water partition coefficient (Wildman–Crippen LogP) is 2.10. The Balaban J connectivity index is 2.28. The van der Waals surface area contributed by atoms with Gasteiger partial charge in [0.15, 0.2) is 0 Å². The summed E-state index contributed by atoms with van der Waals surface area (Å²) in [5.41, 5.74) is 0. The fraction of sp³-hybridized carbons (Fsp3) is 0.667. The molecule has 0 aromatic carbocycles. The Labute approximate surface area is 51.1 Å². The fourth-order valence-electron chi connectivity index (χ4n) is 0.280. The lowest BCUT2D eigenvalue weighted by Crippen LogP contribution is -2.05. The molecule has 1 saturated heterocycles. The third kappa shape index (κ3) is 0.891. The first-order valence-electron chi connectivity index (χ1n) is 1.66. The van der Waals surface area contributed by atoms with Crippen LogP contribution in [-0.2, 0) is 0 Å². The van der Waals surface area contributed by atoms with Crippen LogP contribution in [0.2, 0.25) is 0 Å². The quantitative estimate of drug-likeness (QED) is 0.468. The van der Waals surface area contributed by atoms with E-state index in [2.05, 4.69) is 6.92 Å². The summed E-state index contributed by atoms with van der Waals surface area (Å²) in [5, 5.41) is 0. The molecule has 0 aromatic heterocycles. The standard InChI is InChI=1S/C3H4S3/c1-2-5-3(4)6-2/h2H,1H3. The summed E-state index contributed by atoms with van der Waals surface area (Å²) in [7, 11) is 0. The van der Waals surface area contributed by atoms with Gasteiger partial charge in [0, 0.05) is 0 Å². The van der Waals surface area contributed by atoms with Crippen molar-refractivity contribution in [1.82, 2.24) is 0 Å². The highest BCUT2D eigenvalue weighted by atomic mass is 32.3. The van der Waals surface area contributed by atoms with Crippen LogP contribution in [0.3, 0.4) is 0 Å². The van der Waals surface area contributed by atoms with Crippen LogP contribution in [0.25, 0.3) is 0 Å². The Morgan fingerprint density at radius 2 is 2.17 bits per heavy atom. The largest absolute Gasteiger partial charge is 0.106 e. The lowest BCUT2D eigenvalue weighted by molar-refractivity contribution is 1.44. The molecule has 34 valence electrons. The molecular weight excluding hydrogens is 132 g/mol. The molecule has 1 rings (SSSR count). The van der Waals surface area contributed by atoms with Crippen molar-refractivity contribution in [2.24, 2.45) is 0 Å². The van der Waals surface area contributed by atoms with Crippen molar-refractivity contribution in [2.75, 3.05) is 0 Å². The van der Waals surface area contributed by atoms with E-state index in [-0.39, 0.29) is 0 Å². The van der Waals surface area contributed by atoms with Gasteiger partial charge in [0.1, 0.15) is 3.53 Å². The van der Waals surface area contributed by atoms with Crippen LogP contribution in [0.4, 0.5) is 0 Å². The highest BCUT2D eigenvalue weighted by Gasteiger charge is 2.18. The zero-order valence-electron chi connectivity index (χ0n) is 3.30. The van der Waals surface area contributed by atoms with E-state index in [1.165, 1.54) is 0 Å². The average molecular weight is 136 g/mol. The topological polar surface area (TPSA) is 0 Å². The second-order valence-electron chi connectivity index (χ2n) is 1.05. The maximum absolute atomic E-state index is 4.79. The van der Waals surface area contributed by atoms with E-state index in [1.807, 2.05) is 0 Å². The minimum atomic E-state index is 0.734. The molecule has 1 aliphatic rings. The summed E-state index contributed by atoms with van der Waals surface area (Å²) >= 11 is 8.34. The third-order valence-electron chi connectivity index (χ3n) is 0.524. The first kappa shape index (κ1) is 4.94. The molecule has 0 atom stereocenters. The number of rotatable bonds is 0. The van der Waals surface area contributed by atoms with Crippen molar-refractivity contribution >= 4 is 39.3 Å². The average Bonchev–Trinajstić information content (AvgIpc) is 1.33. The summed E-state index contributed by atoms with van der Waals surface area (Å²) in [6.45, 7) is 2.16. The van der Waals surface area contributed by atoms with Crippen molar-refractivity contribution in [3.8, 4) is 0 Å². The van der Waals surface area contributed by atoms with Gasteiger partial charge in [-0.15, -0.1) is 0 Å². The molecule has 0 unspecified atom stereocenters. The highest BCUT2D eigenvalue weighted by molar-refractivity contribution is 8.59. The molecule has 0 spiro atoms. The van der Waals surface area contributed by atoms with E-state index >= 15 is 0 Å². The van der Waals surface area contributed by atoms with Crippen LogP contribution >= 0.6 is 35.7 Å². The van der Waals surface area contributed by atoms with Crippen molar-refractivity contribution in [3.63, 3.8) is 0 Å². The van der Waals surface area contributed by atoms with E-state index in [9.17, 15) is 0 Å². The number of thioether (sulfide) groups is 2. The molecule has 0 N–H and O–H groups in total. The fourth-order valence-corrected chi connectivity index (χ4v) is 3.23. The molecule has 1 aliphatic heterocycles. The summed E-state index contributed by atoms with van der Waals surface area (Å²) < 4.78 is 1.83. The zero-order chi connectivity index (χ0) is 4.57. The second kappa shape index (κ2) is 1.72. The number of hydrogen-bond acceptors (Lipinski definition) is 3. The normalized spacial score (nSPS) is 23.8. The molecule has 0 bridgehead atoms. The summed E-state index contributed by atoms with van der Waals surface area (Å²) in [6, 6.07) is 0. The number of thiocarbonyl (C=S) groups is 1. The van der Waals surface area contributed by atoms with Crippen molar-refractivity contribution < 1.29 is 0 Å². The van der Waals surface area contributed by atoms with Crippen molar-refractivity contribution in [3.05, 3.63) is 0 Å². The van der Waals surface area contributed by atoms with Gasteiger partial charge in [0.25, 0.3) is 0 Å². The SMILES string of the molecule is CC1SC(=S)S1. The van der Waals surface area contributed by atoms with Gasteiger partial charge < -0.3 is 0 Å². The third-order valence-corrected chi connectivity index (χ3v) is 3.31. The summed E-state index contributed by atoms with van der Waals surface area (Å²) in [6.07, 6.45) is 0. The minimum absolute atomic E-state index is 0.734. The maximum atomic E-state index is 4.79. The van der Waals surface area contributed by atoms with Gasteiger partial charge in [-0.25, -0.2) is 0 Å². The molecule has 0 radical (unpaired) electrons. The number of hydrogen-bond donors (Lipinski definition) is 0. The van der Waals surface area contributed by atoms with Crippen molar-refractivity contribution in [2.45, 2.75) is 11.5 Å². The molecular formula is C3H4S3. The maximum Gasteiger partial charge on any atom is 0.106 e. The zero-order valence-corrected chi connectivity index (χ0v) is 5.75. The smallest absolute Gasteiger partial charge is 0.0932 e. The Hall–Kier alpha value is 0.790. The second-order valence-corrected chi connectivity index (χ2v) is 5.24. The van der Waals surface area contributed by atoms with Crippen LogP contribution in [0, 0.1) is 0 Å². The van der Waals surface area contributed by atoms with Gasteiger partial charge in [-0.3, -0.25) is 0 Å². The Bertz CT molecular complexity index is 70.1. The van der Waals surface area contributed by atoms with Crippen molar-refractivity contribution in [1.29, 1.82) is 0 Å². The van der Waals surface area contributed by atoms with Gasteiger partial charge in [-0.05, 0) is 6.92 Å². The Kier molecular flexibility index (Phi) is 1.41. The van der Waals surface area contributed by atoms with E-state index in [4.69, 9.17) is 12.2 Å². The van der Waals surface area contributed by atoms with Gasteiger partial charge in [0.2, 0.25) is 0 Å². The molecule has 3 heteroatoms.